The summed E-state index contributed by atoms with van der Waals surface area (Å²) in [5, 5.41) is 3.00. The lowest BCUT2D eigenvalue weighted by atomic mass is 10.2. The van der Waals surface area contributed by atoms with Crippen molar-refractivity contribution in [2.75, 3.05) is 12.4 Å². The molecule has 0 spiro atoms. The van der Waals surface area contributed by atoms with Crippen LogP contribution in [0.4, 0.5) is 11.6 Å². The van der Waals surface area contributed by atoms with E-state index in [4.69, 9.17) is 4.74 Å². The number of rotatable bonds is 3. The zero-order valence-corrected chi connectivity index (χ0v) is 11.7. The van der Waals surface area contributed by atoms with Gasteiger partial charge in [0.25, 0.3) is 5.56 Å². The van der Waals surface area contributed by atoms with Crippen molar-refractivity contribution in [3.8, 4) is 5.75 Å². The van der Waals surface area contributed by atoms with Gasteiger partial charge in [0.2, 0.25) is 5.95 Å². The molecule has 19 heavy (non-hydrogen) atoms. The Morgan fingerprint density at radius 2 is 2.00 bits per heavy atom. The Labute approximate surface area is 112 Å². The molecule has 0 unspecified atom stereocenters. The Kier molecular flexibility index (Phi) is 5.60. The van der Waals surface area contributed by atoms with Crippen LogP contribution >= 0.6 is 0 Å². The smallest absolute Gasteiger partial charge is 0.252 e. The summed E-state index contributed by atoms with van der Waals surface area (Å²) in [5.41, 5.74) is 1.66. The van der Waals surface area contributed by atoms with E-state index in [0.29, 0.717) is 5.95 Å². The number of aryl methyl sites for hydroxylation is 1. The van der Waals surface area contributed by atoms with Crippen LogP contribution in [0.3, 0.4) is 0 Å². The molecule has 5 nitrogen and oxygen atoms in total. The first-order chi connectivity index (χ1) is 9.19. The molecule has 0 bridgehead atoms. The number of ether oxygens (including phenoxy) is 1. The summed E-state index contributed by atoms with van der Waals surface area (Å²) >= 11 is 0. The van der Waals surface area contributed by atoms with Crippen LogP contribution in [0.15, 0.2) is 35.3 Å². The highest BCUT2D eigenvalue weighted by molar-refractivity contribution is 5.57. The third-order valence-electron chi connectivity index (χ3n) is 2.34. The minimum Gasteiger partial charge on any atom is -0.496 e. The van der Waals surface area contributed by atoms with Crippen LogP contribution in [0.2, 0.25) is 0 Å². The van der Waals surface area contributed by atoms with Gasteiger partial charge in [-0.15, -0.1) is 0 Å². The molecule has 0 aliphatic carbocycles. The number of hydrogen-bond donors (Lipinski definition) is 2. The van der Waals surface area contributed by atoms with Crippen LogP contribution in [-0.2, 0) is 0 Å². The van der Waals surface area contributed by atoms with Crippen molar-refractivity contribution in [2.24, 2.45) is 0 Å². The van der Waals surface area contributed by atoms with Crippen molar-refractivity contribution in [2.45, 2.75) is 20.8 Å². The summed E-state index contributed by atoms with van der Waals surface area (Å²) < 4.78 is 5.21. The van der Waals surface area contributed by atoms with Gasteiger partial charge in [0, 0.05) is 24.0 Å². The van der Waals surface area contributed by atoms with Crippen LogP contribution in [0.1, 0.15) is 19.4 Å². The summed E-state index contributed by atoms with van der Waals surface area (Å²) in [6.07, 6.45) is 1.45. The summed E-state index contributed by atoms with van der Waals surface area (Å²) in [5.74, 6) is 1.19. The average molecular weight is 261 g/mol. The number of methoxy groups -OCH3 is 1. The van der Waals surface area contributed by atoms with Crippen molar-refractivity contribution < 1.29 is 4.74 Å². The molecular formula is C14H19N3O2. The molecule has 0 fully saturated rings. The van der Waals surface area contributed by atoms with Crippen LogP contribution in [-0.4, -0.2) is 17.1 Å². The fourth-order valence-electron chi connectivity index (χ4n) is 1.47. The second-order valence-electron chi connectivity index (χ2n) is 3.59. The first kappa shape index (κ1) is 14.8. The van der Waals surface area contributed by atoms with Gasteiger partial charge in [-0.3, -0.25) is 9.78 Å². The SMILES string of the molecule is CC.COc1cc(Nc2nccc(=O)[nH]2)ccc1C. The molecule has 0 saturated carbocycles. The predicted molar refractivity (Wildman–Crippen MR) is 77.2 cm³/mol. The monoisotopic (exact) mass is 261 g/mol. The maximum atomic E-state index is 11.1. The molecule has 0 radical (unpaired) electrons. The molecule has 102 valence electrons. The quantitative estimate of drug-likeness (QED) is 0.891. The highest BCUT2D eigenvalue weighted by atomic mass is 16.5. The molecule has 0 atom stereocenters. The number of nitrogens with zero attached hydrogens (tertiary/aromatic N) is 1. The van der Waals surface area contributed by atoms with Crippen molar-refractivity contribution in [3.63, 3.8) is 0 Å². The number of benzene rings is 1. The van der Waals surface area contributed by atoms with E-state index in [-0.39, 0.29) is 5.56 Å². The van der Waals surface area contributed by atoms with Crippen molar-refractivity contribution >= 4 is 11.6 Å². The van der Waals surface area contributed by atoms with Gasteiger partial charge in [-0.25, -0.2) is 4.98 Å². The van der Waals surface area contributed by atoms with Gasteiger partial charge in [0.1, 0.15) is 5.75 Å². The molecule has 2 N–H and O–H groups in total. The summed E-state index contributed by atoms with van der Waals surface area (Å²) in [7, 11) is 1.62. The van der Waals surface area contributed by atoms with E-state index >= 15 is 0 Å². The van der Waals surface area contributed by atoms with Crippen LogP contribution < -0.4 is 15.6 Å². The summed E-state index contributed by atoms with van der Waals surface area (Å²) in [6.45, 7) is 5.96. The van der Waals surface area contributed by atoms with Gasteiger partial charge < -0.3 is 10.1 Å². The number of aromatic nitrogens is 2. The maximum absolute atomic E-state index is 11.1. The van der Waals surface area contributed by atoms with Crippen LogP contribution in [0, 0.1) is 6.92 Å². The molecule has 1 aromatic carbocycles. The normalized spacial score (nSPS) is 9.26. The molecule has 0 aliphatic rings. The Morgan fingerprint density at radius 1 is 1.26 bits per heavy atom. The molecule has 1 heterocycles. The van der Waals surface area contributed by atoms with Gasteiger partial charge in [0.15, 0.2) is 0 Å². The highest BCUT2D eigenvalue weighted by Gasteiger charge is 2.01. The van der Waals surface area contributed by atoms with Gasteiger partial charge in [0.05, 0.1) is 7.11 Å². The van der Waals surface area contributed by atoms with Crippen LogP contribution in [0.25, 0.3) is 0 Å². The van der Waals surface area contributed by atoms with Crippen molar-refractivity contribution in [3.05, 3.63) is 46.4 Å². The van der Waals surface area contributed by atoms with E-state index in [0.717, 1.165) is 17.0 Å². The Morgan fingerprint density at radius 3 is 2.63 bits per heavy atom. The third kappa shape index (κ3) is 4.13. The van der Waals surface area contributed by atoms with E-state index in [1.54, 1.807) is 7.11 Å². The first-order valence-electron chi connectivity index (χ1n) is 6.16. The van der Waals surface area contributed by atoms with E-state index in [1.165, 1.54) is 12.3 Å². The standard InChI is InChI=1S/C12H13N3O2.C2H6/c1-8-3-4-9(7-10(8)17-2)14-12-13-6-5-11(16)15-12;1-2/h3-7H,1-2H3,(H2,13,14,15,16);1-2H3. The molecule has 2 rings (SSSR count). The number of aromatic amines is 1. The number of H-pyrrole nitrogens is 1. The fraction of sp³-hybridized carbons (Fsp3) is 0.286. The molecule has 2 aromatic rings. The lowest BCUT2D eigenvalue weighted by Crippen LogP contribution is -2.08. The maximum Gasteiger partial charge on any atom is 0.252 e. The first-order valence-corrected chi connectivity index (χ1v) is 6.16. The van der Waals surface area contributed by atoms with Gasteiger partial charge in [-0.05, 0) is 18.6 Å². The van der Waals surface area contributed by atoms with Gasteiger partial charge in [-0.1, -0.05) is 19.9 Å². The topological polar surface area (TPSA) is 67.0 Å². The second kappa shape index (κ2) is 7.20. The van der Waals surface area contributed by atoms with E-state index in [9.17, 15) is 4.79 Å². The summed E-state index contributed by atoms with van der Waals surface area (Å²) in [6, 6.07) is 7.04. The van der Waals surface area contributed by atoms with Crippen molar-refractivity contribution in [1.82, 2.24) is 9.97 Å². The van der Waals surface area contributed by atoms with Crippen molar-refractivity contribution in [1.29, 1.82) is 0 Å². The molecule has 0 amide bonds. The second-order valence-corrected chi connectivity index (χ2v) is 3.59. The van der Waals surface area contributed by atoms with Gasteiger partial charge >= 0.3 is 0 Å². The Balaban J connectivity index is 0.000000861. The van der Waals surface area contributed by atoms with Gasteiger partial charge in [-0.2, -0.15) is 0 Å². The minimum atomic E-state index is -0.193. The average Bonchev–Trinajstić information content (AvgIpc) is 2.43. The molecule has 1 aromatic heterocycles. The number of hydrogen-bond acceptors (Lipinski definition) is 4. The van der Waals surface area contributed by atoms with E-state index < -0.39 is 0 Å². The lowest BCUT2D eigenvalue weighted by Gasteiger charge is -2.08. The number of nitrogens with one attached hydrogen (secondary N) is 2. The number of anilines is 2. The largest absolute Gasteiger partial charge is 0.496 e. The Hall–Kier alpha value is -2.30. The van der Waals surface area contributed by atoms with Crippen LogP contribution in [0.5, 0.6) is 5.75 Å². The zero-order chi connectivity index (χ0) is 14.3. The zero-order valence-electron chi connectivity index (χ0n) is 11.7. The molecule has 5 heteroatoms. The van der Waals surface area contributed by atoms with E-state index in [1.807, 2.05) is 39.0 Å². The molecular weight excluding hydrogens is 242 g/mol. The molecule has 0 aliphatic heterocycles. The fourth-order valence-corrected chi connectivity index (χ4v) is 1.47. The van der Waals surface area contributed by atoms with E-state index in [2.05, 4.69) is 15.3 Å². The molecule has 0 saturated heterocycles. The summed E-state index contributed by atoms with van der Waals surface area (Å²) in [4.78, 5) is 17.7. The predicted octanol–water partition coefficient (Wildman–Crippen LogP) is 2.86. The highest BCUT2D eigenvalue weighted by Crippen LogP contribution is 2.23. The third-order valence-corrected chi connectivity index (χ3v) is 2.34. The lowest BCUT2D eigenvalue weighted by molar-refractivity contribution is 0.412. The minimum absolute atomic E-state index is 0.193. The Bertz CT molecular complexity index is 579.